The van der Waals surface area contributed by atoms with Crippen LogP contribution in [-0.2, 0) is 9.47 Å². The van der Waals surface area contributed by atoms with Crippen LogP contribution < -0.4 is 0 Å². The average molecular weight is 232 g/mol. The first kappa shape index (κ1) is 15.9. The fourth-order valence-corrected chi connectivity index (χ4v) is 1.63. The first-order chi connectivity index (χ1) is 7.72. The summed E-state index contributed by atoms with van der Waals surface area (Å²) < 4.78 is 11.0. The highest BCUT2D eigenvalue weighted by Crippen LogP contribution is 2.14. The fraction of sp³-hybridized carbons (Fsp3) is 1.00. The lowest BCUT2D eigenvalue weighted by Crippen LogP contribution is -2.22. The predicted molar refractivity (Wildman–Crippen MR) is 66.6 cm³/mol. The van der Waals surface area contributed by atoms with Gasteiger partial charge in [-0.3, -0.25) is 0 Å². The van der Waals surface area contributed by atoms with Crippen LogP contribution in [0.4, 0.5) is 0 Å². The highest BCUT2D eigenvalue weighted by Gasteiger charge is 2.12. The summed E-state index contributed by atoms with van der Waals surface area (Å²) in [4.78, 5) is 0. The lowest BCUT2D eigenvalue weighted by atomic mass is 10.0. The van der Waals surface area contributed by atoms with Gasteiger partial charge >= 0.3 is 0 Å². The highest BCUT2D eigenvalue weighted by atomic mass is 16.5. The lowest BCUT2D eigenvalue weighted by molar-refractivity contribution is -0.0240. The maximum absolute atomic E-state index is 8.54. The summed E-state index contributed by atoms with van der Waals surface area (Å²) in [6, 6.07) is 0. The Morgan fingerprint density at radius 2 is 1.81 bits per heavy atom. The van der Waals surface area contributed by atoms with E-state index in [1.54, 1.807) is 0 Å². The minimum absolute atomic E-state index is 0.0874. The van der Waals surface area contributed by atoms with E-state index in [0.717, 1.165) is 6.42 Å². The molecule has 0 amide bonds. The Hall–Kier alpha value is -0.120. The van der Waals surface area contributed by atoms with E-state index in [9.17, 15) is 0 Å². The van der Waals surface area contributed by atoms with Crippen LogP contribution in [0.5, 0.6) is 0 Å². The van der Waals surface area contributed by atoms with Gasteiger partial charge in [-0.05, 0) is 12.3 Å². The molecule has 0 saturated heterocycles. The quantitative estimate of drug-likeness (QED) is 0.557. The molecular formula is C13H28O3. The highest BCUT2D eigenvalue weighted by molar-refractivity contribution is 4.62. The van der Waals surface area contributed by atoms with E-state index in [4.69, 9.17) is 14.6 Å². The van der Waals surface area contributed by atoms with Crippen molar-refractivity contribution in [3.05, 3.63) is 0 Å². The van der Waals surface area contributed by atoms with Crippen LogP contribution in [0.15, 0.2) is 0 Å². The van der Waals surface area contributed by atoms with Crippen molar-refractivity contribution in [1.82, 2.24) is 0 Å². The molecule has 0 heterocycles. The number of ether oxygens (including phenoxy) is 2. The summed E-state index contributed by atoms with van der Waals surface area (Å²) in [5.74, 6) is 0.565. The molecule has 98 valence electrons. The van der Waals surface area contributed by atoms with Crippen molar-refractivity contribution in [1.29, 1.82) is 0 Å². The lowest BCUT2D eigenvalue weighted by Gasteiger charge is -2.21. The molecule has 0 aliphatic carbocycles. The molecule has 0 bridgehead atoms. The summed E-state index contributed by atoms with van der Waals surface area (Å²) in [6.45, 7) is 8.33. The van der Waals surface area contributed by atoms with Gasteiger partial charge < -0.3 is 14.6 Å². The molecule has 1 unspecified atom stereocenters. The van der Waals surface area contributed by atoms with Gasteiger partial charge in [0.05, 0.1) is 32.5 Å². The van der Waals surface area contributed by atoms with Crippen molar-refractivity contribution in [2.45, 2.75) is 52.6 Å². The number of hydrogen-bond acceptors (Lipinski definition) is 3. The Morgan fingerprint density at radius 1 is 1.06 bits per heavy atom. The van der Waals surface area contributed by atoms with E-state index in [-0.39, 0.29) is 6.61 Å². The van der Waals surface area contributed by atoms with Crippen LogP contribution in [0.2, 0.25) is 0 Å². The molecule has 3 nitrogen and oxygen atoms in total. The van der Waals surface area contributed by atoms with Crippen molar-refractivity contribution < 1.29 is 14.6 Å². The standard InChI is InChI=1S/C13H28O3/c1-4-5-6-7-13(12(2)3)16-11-10-15-9-8-14/h12-14H,4-11H2,1-3H3. The van der Waals surface area contributed by atoms with Gasteiger partial charge in [-0.15, -0.1) is 0 Å². The van der Waals surface area contributed by atoms with Crippen LogP contribution in [0, 0.1) is 5.92 Å². The normalized spacial score (nSPS) is 13.3. The Bertz CT molecular complexity index is 137. The zero-order valence-electron chi connectivity index (χ0n) is 11.1. The minimum atomic E-state index is 0.0874. The molecule has 0 spiro atoms. The number of unbranched alkanes of at least 4 members (excludes halogenated alkanes) is 2. The molecular weight excluding hydrogens is 204 g/mol. The zero-order chi connectivity index (χ0) is 12.2. The van der Waals surface area contributed by atoms with E-state index in [0.29, 0.717) is 31.8 Å². The number of rotatable bonds is 11. The minimum Gasteiger partial charge on any atom is -0.394 e. The smallest absolute Gasteiger partial charge is 0.0704 e. The third-order valence-electron chi connectivity index (χ3n) is 2.63. The summed E-state index contributed by atoms with van der Waals surface area (Å²) in [7, 11) is 0. The first-order valence-electron chi connectivity index (χ1n) is 6.52. The van der Waals surface area contributed by atoms with E-state index in [1.807, 2.05) is 0 Å². The largest absolute Gasteiger partial charge is 0.394 e. The Kier molecular flexibility index (Phi) is 11.3. The van der Waals surface area contributed by atoms with Crippen LogP contribution in [0.3, 0.4) is 0 Å². The van der Waals surface area contributed by atoms with E-state index < -0.39 is 0 Å². The van der Waals surface area contributed by atoms with Gasteiger partial charge in [-0.2, -0.15) is 0 Å². The summed E-state index contributed by atoms with van der Waals surface area (Å²) in [6.07, 6.45) is 5.28. The van der Waals surface area contributed by atoms with Crippen LogP contribution in [0.1, 0.15) is 46.5 Å². The molecule has 0 saturated carbocycles. The van der Waals surface area contributed by atoms with Crippen molar-refractivity contribution in [3.8, 4) is 0 Å². The Labute approximate surface area is 100 Å². The molecule has 0 fully saturated rings. The molecule has 16 heavy (non-hydrogen) atoms. The van der Waals surface area contributed by atoms with Gasteiger partial charge in [-0.25, -0.2) is 0 Å². The van der Waals surface area contributed by atoms with Crippen molar-refractivity contribution >= 4 is 0 Å². The van der Waals surface area contributed by atoms with E-state index in [2.05, 4.69) is 20.8 Å². The second kappa shape index (κ2) is 11.4. The SMILES string of the molecule is CCCCCC(OCCOCCO)C(C)C. The van der Waals surface area contributed by atoms with Gasteiger partial charge in [0.1, 0.15) is 0 Å². The third kappa shape index (κ3) is 9.13. The van der Waals surface area contributed by atoms with Gasteiger partial charge in [0.15, 0.2) is 0 Å². The second-order valence-corrected chi connectivity index (χ2v) is 4.49. The molecule has 0 radical (unpaired) electrons. The number of hydrogen-bond donors (Lipinski definition) is 1. The van der Waals surface area contributed by atoms with Gasteiger partial charge in [0.2, 0.25) is 0 Å². The first-order valence-corrected chi connectivity index (χ1v) is 6.52. The van der Waals surface area contributed by atoms with E-state index >= 15 is 0 Å². The Morgan fingerprint density at radius 3 is 2.38 bits per heavy atom. The van der Waals surface area contributed by atoms with E-state index in [1.165, 1.54) is 19.3 Å². The summed E-state index contributed by atoms with van der Waals surface area (Å²) in [5, 5.41) is 8.54. The van der Waals surface area contributed by atoms with Crippen molar-refractivity contribution in [2.24, 2.45) is 5.92 Å². The molecule has 1 atom stereocenters. The molecule has 0 aromatic carbocycles. The molecule has 1 N–H and O–H groups in total. The maximum atomic E-state index is 8.54. The molecule has 3 heteroatoms. The molecule has 0 aromatic heterocycles. The number of aliphatic hydroxyl groups excluding tert-OH is 1. The molecule has 0 rings (SSSR count). The number of aliphatic hydroxyl groups is 1. The van der Waals surface area contributed by atoms with Crippen LogP contribution in [-0.4, -0.2) is 37.6 Å². The topological polar surface area (TPSA) is 38.7 Å². The Balaban J connectivity index is 3.52. The molecule has 0 aliphatic rings. The van der Waals surface area contributed by atoms with Gasteiger partial charge in [0, 0.05) is 0 Å². The maximum Gasteiger partial charge on any atom is 0.0704 e. The second-order valence-electron chi connectivity index (χ2n) is 4.49. The van der Waals surface area contributed by atoms with Gasteiger partial charge in [0.25, 0.3) is 0 Å². The van der Waals surface area contributed by atoms with Crippen molar-refractivity contribution in [2.75, 3.05) is 26.4 Å². The predicted octanol–water partition coefficient (Wildman–Crippen LogP) is 2.62. The fourth-order valence-electron chi connectivity index (χ4n) is 1.63. The van der Waals surface area contributed by atoms with Crippen LogP contribution >= 0.6 is 0 Å². The summed E-state index contributed by atoms with van der Waals surface area (Å²) >= 11 is 0. The monoisotopic (exact) mass is 232 g/mol. The third-order valence-corrected chi connectivity index (χ3v) is 2.63. The average Bonchev–Trinajstić information content (AvgIpc) is 2.26. The summed E-state index contributed by atoms with van der Waals surface area (Å²) in [5.41, 5.74) is 0. The molecule has 0 aliphatic heterocycles. The van der Waals surface area contributed by atoms with Gasteiger partial charge in [-0.1, -0.05) is 40.0 Å². The van der Waals surface area contributed by atoms with Crippen molar-refractivity contribution in [3.63, 3.8) is 0 Å². The zero-order valence-corrected chi connectivity index (χ0v) is 11.1. The molecule has 0 aromatic rings. The van der Waals surface area contributed by atoms with Crippen LogP contribution in [0.25, 0.3) is 0 Å².